The SMILES string of the molecule is CCCCCOCCCC(C#N)(CC)NCC. The van der Waals surface area contributed by atoms with E-state index in [4.69, 9.17) is 4.74 Å². The van der Waals surface area contributed by atoms with Gasteiger partial charge in [0.05, 0.1) is 6.07 Å². The molecule has 17 heavy (non-hydrogen) atoms. The van der Waals surface area contributed by atoms with E-state index in [2.05, 4.69) is 25.2 Å². The number of rotatable bonds is 11. The molecular formula is C14H28N2O. The summed E-state index contributed by atoms with van der Waals surface area (Å²) < 4.78 is 5.56. The van der Waals surface area contributed by atoms with Crippen LogP contribution in [0.5, 0.6) is 0 Å². The van der Waals surface area contributed by atoms with E-state index in [1.54, 1.807) is 0 Å². The van der Waals surface area contributed by atoms with Crippen LogP contribution in [0.1, 0.15) is 59.3 Å². The minimum atomic E-state index is -0.346. The van der Waals surface area contributed by atoms with Gasteiger partial charge in [-0.15, -0.1) is 0 Å². The van der Waals surface area contributed by atoms with E-state index in [0.29, 0.717) is 0 Å². The molecule has 0 aromatic carbocycles. The highest BCUT2D eigenvalue weighted by molar-refractivity contribution is 5.05. The lowest BCUT2D eigenvalue weighted by Crippen LogP contribution is -2.43. The summed E-state index contributed by atoms with van der Waals surface area (Å²) in [6, 6.07) is 2.41. The Bertz CT molecular complexity index is 213. The fourth-order valence-electron chi connectivity index (χ4n) is 1.94. The van der Waals surface area contributed by atoms with Crippen LogP contribution in [0.25, 0.3) is 0 Å². The van der Waals surface area contributed by atoms with E-state index in [1.807, 2.05) is 6.92 Å². The average Bonchev–Trinajstić information content (AvgIpc) is 2.36. The molecule has 0 saturated heterocycles. The predicted molar refractivity (Wildman–Crippen MR) is 71.9 cm³/mol. The van der Waals surface area contributed by atoms with Gasteiger partial charge in [0.2, 0.25) is 0 Å². The fourth-order valence-corrected chi connectivity index (χ4v) is 1.94. The van der Waals surface area contributed by atoms with Crippen molar-refractivity contribution < 1.29 is 4.74 Å². The summed E-state index contributed by atoms with van der Waals surface area (Å²) in [5.41, 5.74) is -0.346. The maximum Gasteiger partial charge on any atom is 0.106 e. The van der Waals surface area contributed by atoms with Gasteiger partial charge in [0, 0.05) is 13.2 Å². The second-order valence-corrected chi connectivity index (χ2v) is 4.50. The molecule has 100 valence electrons. The number of nitrogens with zero attached hydrogens (tertiary/aromatic N) is 1. The first-order chi connectivity index (χ1) is 8.24. The zero-order chi connectivity index (χ0) is 13.0. The van der Waals surface area contributed by atoms with Gasteiger partial charge >= 0.3 is 0 Å². The molecule has 0 aliphatic carbocycles. The van der Waals surface area contributed by atoms with Gasteiger partial charge in [-0.3, -0.25) is 5.32 Å². The molecule has 0 aliphatic heterocycles. The Morgan fingerprint density at radius 3 is 2.35 bits per heavy atom. The Hall–Kier alpha value is -0.590. The van der Waals surface area contributed by atoms with Crippen molar-refractivity contribution in [1.82, 2.24) is 5.32 Å². The third-order valence-electron chi connectivity index (χ3n) is 3.12. The highest BCUT2D eigenvalue weighted by atomic mass is 16.5. The lowest BCUT2D eigenvalue weighted by molar-refractivity contribution is 0.121. The Labute approximate surface area is 107 Å². The van der Waals surface area contributed by atoms with Crippen LogP contribution < -0.4 is 5.32 Å². The molecule has 0 aromatic rings. The molecule has 0 saturated carbocycles. The van der Waals surface area contributed by atoms with Crippen molar-refractivity contribution in [3.05, 3.63) is 0 Å². The van der Waals surface area contributed by atoms with Gasteiger partial charge < -0.3 is 4.74 Å². The molecule has 0 spiro atoms. The van der Waals surface area contributed by atoms with Gasteiger partial charge in [-0.05, 0) is 32.2 Å². The maximum atomic E-state index is 9.23. The van der Waals surface area contributed by atoms with Crippen molar-refractivity contribution in [2.24, 2.45) is 0 Å². The molecule has 0 aromatic heterocycles. The zero-order valence-electron chi connectivity index (χ0n) is 11.7. The van der Waals surface area contributed by atoms with E-state index >= 15 is 0 Å². The molecule has 1 unspecified atom stereocenters. The summed E-state index contributed by atoms with van der Waals surface area (Å²) in [4.78, 5) is 0. The lowest BCUT2D eigenvalue weighted by atomic mass is 9.92. The summed E-state index contributed by atoms with van der Waals surface area (Å²) in [6.07, 6.45) is 6.32. The van der Waals surface area contributed by atoms with Crippen LogP contribution >= 0.6 is 0 Å². The number of hydrogen-bond acceptors (Lipinski definition) is 3. The first-order valence-electron chi connectivity index (χ1n) is 6.98. The standard InChI is InChI=1S/C14H28N2O/c1-4-7-8-11-17-12-9-10-14(5-2,13-15)16-6-3/h16H,4-12H2,1-3H3. The second kappa shape index (κ2) is 10.6. The van der Waals surface area contributed by atoms with Crippen molar-refractivity contribution in [2.75, 3.05) is 19.8 Å². The van der Waals surface area contributed by atoms with Gasteiger partial charge in [-0.2, -0.15) is 5.26 Å². The quantitative estimate of drug-likeness (QED) is 0.564. The largest absolute Gasteiger partial charge is 0.381 e. The van der Waals surface area contributed by atoms with E-state index in [9.17, 15) is 5.26 Å². The van der Waals surface area contributed by atoms with E-state index in [1.165, 1.54) is 12.8 Å². The molecule has 3 nitrogen and oxygen atoms in total. The summed E-state index contributed by atoms with van der Waals surface area (Å²) in [5.74, 6) is 0. The Morgan fingerprint density at radius 2 is 1.82 bits per heavy atom. The Morgan fingerprint density at radius 1 is 1.12 bits per heavy atom. The fraction of sp³-hybridized carbons (Fsp3) is 0.929. The predicted octanol–water partition coefficient (Wildman–Crippen LogP) is 3.26. The monoisotopic (exact) mass is 240 g/mol. The third-order valence-corrected chi connectivity index (χ3v) is 3.12. The zero-order valence-corrected chi connectivity index (χ0v) is 11.7. The molecule has 0 bridgehead atoms. The second-order valence-electron chi connectivity index (χ2n) is 4.50. The molecule has 1 N–H and O–H groups in total. The molecule has 0 fully saturated rings. The molecule has 1 atom stereocenters. The number of unbranched alkanes of at least 4 members (excludes halogenated alkanes) is 2. The molecule has 0 amide bonds. The average molecular weight is 240 g/mol. The van der Waals surface area contributed by atoms with Crippen LogP contribution in [-0.2, 0) is 4.74 Å². The van der Waals surface area contributed by atoms with Gasteiger partial charge in [-0.25, -0.2) is 0 Å². The van der Waals surface area contributed by atoms with E-state index in [0.717, 1.165) is 45.4 Å². The Balaban J connectivity index is 3.65. The summed E-state index contributed by atoms with van der Waals surface area (Å²) >= 11 is 0. The van der Waals surface area contributed by atoms with E-state index in [-0.39, 0.29) is 5.54 Å². The van der Waals surface area contributed by atoms with Crippen molar-refractivity contribution in [2.45, 2.75) is 64.8 Å². The minimum Gasteiger partial charge on any atom is -0.381 e. The van der Waals surface area contributed by atoms with Gasteiger partial charge in [0.15, 0.2) is 0 Å². The number of hydrogen-bond donors (Lipinski definition) is 1. The number of ether oxygens (including phenoxy) is 1. The molecular weight excluding hydrogens is 212 g/mol. The maximum absolute atomic E-state index is 9.23. The topological polar surface area (TPSA) is 45.0 Å². The summed E-state index contributed by atoms with van der Waals surface area (Å²) in [7, 11) is 0. The number of nitrogens with one attached hydrogen (secondary N) is 1. The molecule has 0 heterocycles. The molecule has 0 aliphatic rings. The van der Waals surface area contributed by atoms with Crippen LogP contribution in [-0.4, -0.2) is 25.3 Å². The minimum absolute atomic E-state index is 0.346. The lowest BCUT2D eigenvalue weighted by Gasteiger charge is -2.25. The van der Waals surface area contributed by atoms with Crippen LogP contribution in [0.2, 0.25) is 0 Å². The van der Waals surface area contributed by atoms with Crippen molar-refractivity contribution >= 4 is 0 Å². The van der Waals surface area contributed by atoms with Crippen LogP contribution in [0.3, 0.4) is 0 Å². The van der Waals surface area contributed by atoms with Crippen molar-refractivity contribution in [1.29, 1.82) is 5.26 Å². The summed E-state index contributed by atoms with van der Waals surface area (Å²) in [5, 5.41) is 12.5. The smallest absolute Gasteiger partial charge is 0.106 e. The number of nitriles is 1. The van der Waals surface area contributed by atoms with E-state index < -0.39 is 0 Å². The van der Waals surface area contributed by atoms with Gasteiger partial charge in [0.25, 0.3) is 0 Å². The third kappa shape index (κ3) is 7.36. The highest BCUT2D eigenvalue weighted by Crippen LogP contribution is 2.16. The Kier molecular flexibility index (Phi) is 10.2. The van der Waals surface area contributed by atoms with Crippen LogP contribution in [0.15, 0.2) is 0 Å². The molecule has 0 rings (SSSR count). The highest BCUT2D eigenvalue weighted by Gasteiger charge is 2.25. The van der Waals surface area contributed by atoms with Crippen molar-refractivity contribution in [3.8, 4) is 6.07 Å². The normalized spacial score (nSPS) is 14.2. The molecule has 0 radical (unpaired) electrons. The van der Waals surface area contributed by atoms with Gasteiger partial charge in [0.1, 0.15) is 5.54 Å². The van der Waals surface area contributed by atoms with Crippen LogP contribution in [0.4, 0.5) is 0 Å². The van der Waals surface area contributed by atoms with Gasteiger partial charge in [-0.1, -0.05) is 33.6 Å². The van der Waals surface area contributed by atoms with Crippen molar-refractivity contribution in [3.63, 3.8) is 0 Å². The summed E-state index contributed by atoms with van der Waals surface area (Å²) in [6.45, 7) is 8.79. The first kappa shape index (κ1) is 16.4. The first-order valence-corrected chi connectivity index (χ1v) is 6.98. The molecule has 3 heteroatoms. The van der Waals surface area contributed by atoms with Crippen LogP contribution in [0, 0.1) is 11.3 Å².